The van der Waals surface area contributed by atoms with Gasteiger partial charge in [-0.3, -0.25) is 29.2 Å². The fourth-order valence-corrected chi connectivity index (χ4v) is 5.29. The maximum Gasteiger partial charge on any atom is 0.252 e. The molecule has 3 heterocycles. The van der Waals surface area contributed by atoms with Crippen LogP contribution in [0.3, 0.4) is 0 Å². The molecule has 1 aliphatic heterocycles. The first-order chi connectivity index (χ1) is 19.6. The standard InChI is InChI=1S/C28H22ClF3N6O3/c1-33-17-8-9-35-23(11-17)38-22(6-7-24(38)39)27(41)37(19-10-16(30)14-34-15-19)25(20-4-2-3-5-21(20)29)26(40)36-18-12-28(31,32)13-18/h2-5,8-11,14-15,18,22,25H,6-7,12-13H2,(H,36,40)/t22-,25-/m0/s1. The Hall–Kier alpha value is -4.50. The van der Waals surface area contributed by atoms with Gasteiger partial charge in [0.1, 0.15) is 23.7 Å². The highest BCUT2D eigenvalue weighted by Gasteiger charge is 2.48. The number of anilines is 2. The van der Waals surface area contributed by atoms with E-state index in [-0.39, 0.29) is 40.6 Å². The van der Waals surface area contributed by atoms with E-state index in [4.69, 9.17) is 18.2 Å². The van der Waals surface area contributed by atoms with E-state index in [0.29, 0.717) is 0 Å². The Kier molecular flexibility index (Phi) is 7.64. The van der Waals surface area contributed by atoms with E-state index in [0.717, 1.165) is 22.1 Å². The topological polar surface area (TPSA) is 99.9 Å². The second kappa shape index (κ2) is 11.2. The molecule has 0 radical (unpaired) electrons. The molecule has 1 saturated carbocycles. The number of hydrogen-bond donors (Lipinski definition) is 1. The van der Waals surface area contributed by atoms with Gasteiger partial charge in [-0.25, -0.2) is 23.0 Å². The summed E-state index contributed by atoms with van der Waals surface area (Å²) in [6.45, 7) is 7.29. The SMILES string of the molecule is [C-]#[N+]c1ccnc(N2C(=O)CC[C@H]2C(=O)N(c2cncc(F)c2)[C@H](C(=O)NC2CC(F)(F)C2)c2ccccc2Cl)c1. The van der Waals surface area contributed by atoms with Crippen molar-refractivity contribution < 1.29 is 27.6 Å². The van der Waals surface area contributed by atoms with E-state index < -0.39 is 60.4 Å². The predicted molar refractivity (Wildman–Crippen MR) is 143 cm³/mol. The fourth-order valence-electron chi connectivity index (χ4n) is 5.05. The van der Waals surface area contributed by atoms with E-state index in [2.05, 4.69) is 20.1 Å². The maximum atomic E-state index is 14.4. The summed E-state index contributed by atoms with van der Waals surface area (Å²) in [5.41, 5.74) is 0.230. The van der Waals surface area contributed by atoms with Crippen LogP contribution < -0.4 is 15.1 Å². The van der Waals surface area contributed by atoms with Crippen molar-refractivity contribution in [2.24, 2.45) is 0 Å². The Balaban J connectivity index is 1.61. The van der Waals surface area contributed by atoms with Gasteiger partial charge in [0, 0.05) is 48.2 Å². The Morgan fingerprint density at radius 3 is 2.63 bits per heavy atom. The maximum absolute atomic E-state index is 14.4. The van der Waals surface area contributed by atoms with E-state index in [9.17, 15) is 27.6 Å². The molecule has 0 spiro atoms. The monoisotopic (exact) mass is 582 g/mol. The largest absolute Gasteiger partial charge is 0.351 e. The first-order valence-electron chi connectivity index (χ1n) is 12.6. The number of rotatable bonds is 7. The molecule has 0 bridgehead atoms. The van der Waals surface area contributed by atoms with E-state index in [1.807, 2.05) is 0 Å². The summed E-state index contributed by atoms with van der Waals surface area (Å²) in [6.07, 6.45) is 2.28. The van der Waals surface area contributed by atoms with Crippen LogP contribution in [0.5, 0.6) is 0 Å². The van der Waals surface area contributed by atoms with Crippen molar-refractivity contribution in [2.45, 2.75) is 49.7 Å². The Labute approximate surface area is 237 Å². The van der Waals surface area contributed by atoms with Gasteiger partial charge >= 0.3 is 0 Å². The third kappa shape index (κ3) is 5.71. The van der Waals surface area contributed by atoms with E-state index in [1.54, 1.807) is 12.1 Å². The molecular weight excluding hydrogens is 561 g/mol. The van der Waals surface area contributed by atoms with Crippen LogP contribution in [0.25, 0.3) is 4.85 Å². The molecule has 1 saturated heterocycles. The molecule has 210 valence electrons. The Morgan fingerprint density at radius 1 is 1.20 bits per heavy atom. The van der Waals surface area contributed by atoms with Crippen molar-refractivity contribution in [1.29, 1.82) is 0 Å². The highest BCUT2D eigenvalue weighted by molar-refractivity contribution is 6.31. The second-order valence-electron chi connectivity index (χ2n) is 9.77. The minimum Gasteiger partial charge on any atom is -0.351 e. The van der Waals surface area contributed by atoms with Crippen LogP contribution >= 0.6 is 11.6 Å². The number of alkyl halides is 2. The zero-order chi connectivity index (χ0) is 29.3. The lowest BCUT2D eigenvalue weighted by atomic mass is 9.87. The average molecular weight is 583 g/mol. The molecule has 1 N–H and O–H groups in total. The quantitative estimate of drug-likeness (QED) is 0.395. The molecule has 2 aromatic heterocycles. The van der Waals surface area contributed by atoms with Gasteiger partial charge in [-0.15, -0.1) is 0 Å². The zero-order valence-electron chi connectivity index (χ0n) is 21.3. The van der Waals surface area contributed by atoms with Crippen LogP contribution in [-0.4, -0.2) is 45.7 Å². The van der Waals surface area contributed by atoms with Crippen LogP contribution in [0.15, 0.2) is 61.1 Å². The summed E-state index contributed by atoms with van der Waals surface area (Å²) in [5, 5.41) is 2.66. The van der Waals surface area contributed by atoms with Gasteiger partial charge in [0.2, 0.25) is 11.8 Å². The minimum absolute atomic E-state index is 0.0321. The molecule has 3 aromatic rings. The van der Waals surface area contributed by atoms with E-state index >= 15 is 0 Å². The molecule has 0 unspecified atom stereocenters. The van der Waals surface area contributed by atoms with Crippen LogP contribution in [0.1, 0.15) is 37.3 Å². The van der Waals surface area contributed by atoms with Crippen LogP contribution in [0, 0.1) is 12.4 Å². The number of hydrogen-bond acceptors (Lipinski definition) is 5. The van der Waals surface area contributed by atoms with Gasteiger partial charge in [0.05, 0.1) is 24.7 Å². The summed E-state index contributed by atoms with van der Waals surface area (Å²) in [6, 6.07) is 6.40. The first kappa shape index (κ1) is 28.0. The summed E-state index contributed by atoms with van der Waals surface area (Å²) in [4.78, 5) is 54.6. The van der Waals surface area contributed by atoms with Gasteiger partial charge in [-0.05, 0) is 24.6 Å². The summed E-state index contributed by atoms with van der Waals surface area (Å²) >= 11 is 6.47. The lowest BCUT2D eigenvalue weighted by molar-refractivity contribution is -0.133. The predicted octanol–water partition coefficient (Wildman–Crippen LogP) is 5.00. The summed E-state index contributed by atoms with van der Waals surface area (Å²) in [5.74, 6) is -5.70. The van der Waals surface area contributed by atoms with Crippen molar-refractivity contribution in [3.8, 4) is 0 Å². The van der Waals surface area contributed by atoms with Crippen molar-refractivity contribution in [3.63, 3.8) is 0 Å². The lowest BCUT2D eigenvalue weighted by Gasteiger charge is -2.39. The van der Waals surface area contributed by atoms with Gasteiger partial charge < -0.3 is 5.32 Å². The number of aromatic nitrogens is 2. The number of amides is 3. The summed E-state index contributed by atoms with van der Waals surface area (Å²) < 4.78 is 41.6. The third-order valence-electron chi connectivity index (χ3n) is 6.95. The smallest absolute Gasteiger partial charge is 0.252 e. The molecule has 9 nitrogen and oxygen atoms in total. The number of carbonyl (C=O) groups excluding carboxylic acids is 3. The van der Waals surface area contributed by atoms with Gasteiger partial charge in [0.25, 0.3) is 11.8 Å². The van der Waals surface area contributed by atoms with Gasteiger partial charge in [-0.2, -0.15) is 0 Å². The number of benzene rings is 1. The highest BCUT2D eigenvalue weighted by atomic mass is 35.5. The minimum atomic E-state index is -2.92. The van der Waals surface area contributed by atoms with Gasteiger partial charge in [-0.1, -0.05) is 29.8 Å². The molecule has 1 aromatic carbocycles. The number of carbonyl (C=O) groups is 3. The Bertz CT molecular complexity index is 1560. The second-order valence-corrected chi connectivity index (χ2v) is 10.2. The molecule has 1 aliphatic carbocycles. The zero-order valence-corrected chi connectivity index (χ0v) is 22.1. The average Bonchev–Trinajstić information content (AvgIpc) is 3.32. The molecule has 2 atom stereocenters. The molecule has 2 fully saturated rings. The van der Waals surface area contributed by atoms with Crippen molar-refractivity contribution in [3.05, 3.63) is 88.9 Å². The molecule has 2 aliphatic rings. The van der Waals surface area contributed by atoms with Crippen molar-refractivity contribution in [2.75, 3.05) is 9.80 Å². The van der Waals surface area contributed by atoms with Crippen molar-refractivity contribution in [1.82, 2.24) is 15.3 Å². The summed E-state index contributed by atoms with van der Waals surface area (Å²) in [7, 11) is 0. The first-order valence-corrected chi connectivity index (χ1v) is 13.0. The number of nitrogens with zero attached hydrogens (tertiary/aromatic N) is 5. The third-order valence-corrected chi connectivity index (χ3v) is 7.30. The number of halogens is 4. The molecule has 5 rings (SSSR count). The number of nitrogens with one attached hydrogen (secondary N) is 1. The Morgan fingerprint density at radius 2 is 1.95 bits per heavy atom. The highest BCUT2D eigenvalue weighted by Crippen LogP contribution is 2.40. The van der Waals surface area contributed by atoms with Crippen LogP contribution in [0.4, 0.5) is 30.4 Å². The van der Waals surface area contributed by atoms with Crippen molar-refractivity contribution >= 4 is 46.5 Å². The van der Waals surface area contributed by atoms with Gasteiger partial charge in [0.15, 0.2) is 5.69 Å². The molecule has 41 heavy (non-hydrogen) atoms. The normalized spacial score (nSPS) is 18.8. The molecular formula is C28H22ClF3N6O3. The molecule has 13 heteroatoms. The fraction of sp³-hybridized carbons (Fsp3) is 0.286. The number of pyridine rings is 2. The lowest BCUT2D eigenvalue weighted by Crippen LogP contribution is -2.56. The van der Waals surface area contributed by atoms with E-state index in [1.165, 1.54) is 36.7 Å². The molecule has 3 amide bonds. The van der Waals surface area contributed by atoms with Crippen LogP contribution in [0.2, 0.25) is 5.02 Å². The van der Waals surface area contributed by atoms with Crippen LogP contribution in [-0.2, 0) is 14.4 Å².